The van der Waals surface area contributed by atoms with Gasteiger partial charge in [0.25, 0.3) is 0 Å². The highest BCUT2D eigenvalue weighted by atomic mass is 16.5. The van der Waals surface area contributed by atoms with E-state index in [9.17, 15) is 0 Å². The largest absolute Gasteiger partial charge is 0.494 e. The average molecular weight is 479 g/mol. The number of benzene rings is 1. The number of furan rings is 1. The molecule has 2 heterocycles. The lowest BCUT2D eigenvalue weighted by atomic mass is 9.85. The minimum Gasteiger partial charge on any atom is -0.494 e. The Bertz CT molecular complexity index is 1390. The minimum absolute atomic E-state index is 0.105. The summed E-state index contributed by atoms with van der Waals surface area (Å²) in [6.45, 7) is 6.56. The van der Waals surface area contributed by atoms with Gasteiger partial charge in [0.1, 0.15) is 22.8 Å². The van der Waals surface area contributed by atoms with Crippen LogP contribution in [0.1, 0.15) is 42.7 Å². The third kappa shape index (κ3) is 4.93. The van der Waals surface area contributed by atoms with Crippen LogP contribution in [0.3, 0.4) is 0 Å². The maximum absolute atomic E-state index is 6.42. The van der Waals surface area contributed by atoms with E-state index in [1.165, 1.54) is 5.56 Å². The molecule has 0 amide bonds. The van der Waals surface area contributed by atoms with Crippen molar-refractivity contribution >= 4 is 22.7 Å². The fraction of sp³-hybridized carbons (Fsp3) is 0.233. The number of likely N-dealkylation sites (N-methyl/N-ethyl adjacent to an activating group) is 1. The van der Waals surface area contributed by atoms with Crippen LogP contribution in [0.4, 0.5) is 0 Å². The van der Waals surface area contributed by atoms with E-state index in [0.29, 0.717) is 18.0 Å². The second-order valence-corrected chi connectivity index (χ2v) is 8.84. The molecule has 0 fully saturated rings. The molecule has 3 aromatic rings. The lowest BCUT2D eigenvalue weighted by molar-refractivity contribution is 0.238. The van der Waals surface area contributed by atoms with Gasteiger partial charge in [-0.1, -0.05) is 54.3 Å². The van der Waals surface area contributed by atoms with E-state index in [2.05, 4.69) is 64.4 Å². The molecule has 2 aliphatic carbocycles. The Hall–Kier alpha value is -4.19. The monoisotopic (exact) mass is 478 g/mol. The Balaban J connectivity index is 1.43. The SMILES string of the molecule is C=C(N=NN(C)C1=CC(OCC)=CC(C2CCC=Cc3c2oc2ccccc32)C=C1)c1ccccn1. The molecule has 0 spiro atoms. The van der Waals surface area contributed by atoms with E-state index in [4.69, 9.17) is 9.15 Å². The molecule has 36 heavy (non-hydrogen) atoms. The number of rotatable bonds is 7. The molecule has 2 atom stereocenters. The molecule has 2 aliphatic rings. The number of hydrogen-bond donors (Lipinski definition) is 0. The predicted octanol–water partition coefficient (Wildman–Crippen LogP) is 7.68. The second kappa shape index (κ2) is 10.6. The summed E-state index contributed by atoms with van der Waals surface area (Å²) in [5.74, 6) is 2.14. The van der Waals surface area contributed by atoms with E-state index in [0.717, 1.165) is 41.0 Å². The van der Waals surface area contributed by atoms with E-state index in [-0.39, 0.29) is 11.8 Å². The van der Waals surface area contributed by atoms with Crippen LogP contribution < -0.4 is 0 Å². The van der Waals surface area contributed by atoms with Gasteiger partial charge in [0, 0.05) is 42.1 Å². The number of para-hydroxylation sites is 1. The number of fused-ring (bicyclic) bond motifs is 3. The third-order valence-corrected chi connectivity index (χ3v) is 6.47. The lowest BCUT2D eigenvalue weighted by Crippen LogP contribution is -2.10. The van der Waals surface area contributed by atoms with E-state index in [1.54, 1.807) is 11.2 Å². The molecule has 0 saturated heterocycles. The van der Waals surface area contributed by atoms with Gasteiger partial charge in [-0.2, -0.15) is 0 Å². The Morgan fingerprint density at radius 1 is 1.19 bits per heavy atom. The van der Waals surface area contributed by atoms with Crippen LogP contribution in [0, 0.1) is 5.92 Å². The molecule has 6 nitrogen and oxygen atoms in total. The zero-order valence-electron chi connectivity index (χ0n) is 20.7. The van der Waals surface area contributed by atoms with Crippen LogP contribution in [0.5, 0.6) is 0 Å². The molecule has 0 bridgehead atoms. The molecule has 0 aliphatic heterocycles. The summed E-state index contributed by atoms with van der Waals surface area (Å²) in [6, 6.07) is 13.9. The van der Waals surface area contributed by atoms with Crippen molar-refractivity contribution in [3.8, 4) is 0 Å². The summed E-state index contributed by atoms with van der Waals surface area (Å²) in [4.78, 5) is 4.28. The van der Waals surface area contributed by atoms with Gasteiger partial charge in [0.2, 0.25) is 0 Å². The predicted molar refractivity (Wildman–Crippen MR) is 144 cm³/mol. The fourth-order valence-electron chi connectivity index (χ4n) is 4.67. The normalized spacial score (nSPS) is 19.4. The van der Waals surface area contributed by atoms with Crippen LogP contribution in [0.15, 0.2) is 112 Å². The number of nitrogens with zero attached hydrogens (tertiary/aromatic N) is 4. The first-order valence-corrected chi connectivity index (χ1v) is 12.3. The number of pyridine rings is 1. The molecule has 0 N–H and O–H groups in total. The van der Waals surface area contributed by atoms with Gasteiger partial charge >= 0.3 is 0 Å². The summed E-state index contributed by atoms with van der Waals surface area (Å²) >= 11 is 0. The Morgan fingerprint density at radius 2 is 2.06 bits per heavy atom. The van der Waals surface area contributed by atoms with E-state index in [1.807, 2.05) is 50.4 Å². The topological polar surface area (TPSA) is 63.2 Å². The highest BCUT2D eigenvalue weighted by Gasteiger charge is 2.29. The van der Waals surface area contributed by atoms with Crippen molar-refractivity contribution in [1.82, 2.24) is 9.99 Å². The van der Waals surface area contributed by atoms with Crippen molar-refractivity contribution < 1.29 is 9.15 Å². The van der Waals surface area contributed by atoms with E-state index >= 15 is 0 Å². The Kier molecular flexibility index (Phi) is 6.94. The number of allylic oxidation sites excluding steroid dienone is 5. The van der Waals surface area contributed by atoms with Gasteiger partial charge in [-0.3, -0.25) is 4.98 Å². The van der Waals surface area contributed by atoms with Gasteiger partial charge in [0.05, 0.1) is 18.0 Å². The average Bonchev–Trinajstić information content (AvgIpc) is 3.02. The maximum Gasteiger partial charge on any atom is 0.134 e. The van der Waals surface area contributed by atoms with Crippen molar-refractivity contribution in [2.75, 3.05) is 13.7 Å². The molecule has 182 valence electrons. The molecule has 1 aromatic carbocycles. The van der Waals surface area contributed by atoms with Crippen molar-refractivity contribution in [3.05, 3.63) is 114 Å². The van der Waals surface area contributed by atoms with Gasteiger partial charge < -0.3 is 9.15 Å². The molecule has 0 radical (unpaired) electrons. The van der Waals surface area contributed by atoms with Crippen LogP contribution in [-0.2, 0) is 4.74 Å². The first kappa shape index (κ1) is 23.5. The summed E-state index contributed by atoms with van der Waals surface area (Å²) in [5, 5.41) is 11.5. The molecule has 2 aromatic heterocycles. The van der Waals surface area contributed by atoms with Crippen LogP contribution in [-0.4, -0.2) is 23.6 Å². The smallest absolute Gasteiger partial charge is 0.134 e. The molecular formula is C30H30N4O2. The highest BCUT2D eigenvalue weighted by molar-refractivity contribution is 5.89. The Morgan fingerprint density at radius 3 is 2.89 bits per heavy atom. The molecule has 0 saturated carbocycles. The lowest BCUT2D eigenvalue weighted by Gasteiger charge is -2.20. The highest BCUT2D eigenvalue weighted by Crippen LogP contribution is 2.42. The minimum atomic E-state index is 0.105. The van der Waals surface area contributed by atoms with Crippen molar-refractivity contribution in [2.24, 2.45) is 16.3 Å². The summed E-state index contributed by atoms with van der Waals surface area (Å²) in [7, 11) is 1.86. The standard InChI is InChI=1S/C30H30N4O2/c1-4-35-24-19-22(25-11-5-6-13-27-26-12-7-8-15-29(26)36-30(25)27)16-17-23(20-24)34(3)33-32-21(2)28-14-9-10-18-31-28/h6-10,12-20,22,25H,2,4-5,11H2,1,3H3. The third-order valence-electron chi connectivity index (χ3n) is 6.47. The molecule has 5 rings (SSSR count). The first-order chi connectivity index (χ1) is 17.6. The van der Waals surface area contributed by atoms with Crippen LogP contribution >= 0.6 is 0 Å². The van der Waals surface area contributed by atoms with E-state index < -0.39 is 0 Å². The van der Waals surface area contributed by atoms with Gasteiger partial charge in [-0.25, -0.2) is 5.01 Å². The van der Waals surface area contributed by atoms with Crippen LogP contribution in [0.2, 0.25) is 0 Å². The first-order valence-electron chi connectivity index (χ1n) is 12.3. The van der Waals surface area contributed by atoms with Gasteiger partial charge in [0.15, 0.2) is 0 Å². The summed E-state index contributed by atoms with van der Waals surface area (Å²) in [6.07, 6.45) is 16.6. The summed E-state index contributed by atoms with van der Waals surface area (Å²) in [5.41, 5.74) is 4.18. The summed E-state index contributed by atoms with van der Waals surface area (Å²) < 4.78 is 12.4. The van der Waals surface area contributed by atoms with Gasteiger partial charge in [-0.15, -0.1) is 5.11 Å². The van der Waals surface area contributed by atoms with Crippen molar-refractivity contribution in [2.45, 2.75) is 25.7 Å². The number of hydrogen-bond acceptors (Lipinski definition) is 5. The zero-order valence-corrected chi connectivity index (χ0v) is 20.7. The zero-order chi connectivity index (χ0) is 24.9. The second-order valence-electron chi connectivity index (χ2n) is 8.84. The quantitative estimate of drug-likeness (QED) is 0.258. The van der Waals surface area contributed by atoms with Gasteiger partial charge in [-0.05, 0) is 50.1 Å². The molecular weight excluding hydrogens is 448 g/mol. The fourth-order valence-corrected chi connectivity index (χ4v) is 4.67. The number of ether oxygens (including phenoxy) is 1. The van der Waals surface area contributed by atoms with Crippen LogP contribution in [0.25, 0.3) is 22.7 Å². The van der Waals surface area contributed by atoms with Crippen molar-refractivity contribution in [3.63, 3.8) is 0 Å². The molecule has 6 heteroatoms. The van der Waals surface area contributed by atoms with Crippen molar-refractivity contribution in [1.29, 1.82) is 0 Å². The Labute approximate surface area is 211 Å². The molecule has 2 unspecified atom stereocenters. The maximum atomic E-state index is 6.42. The number of aromatic nitrogens is 1.